The third-order valence-corrected chi connectivity index (χ3v) is 8.18. The van der Waals surface area contributed by atoms with Crippen molar-refractivity contribution in [3.63, 3.8) is 0 Å². The number of hydrogen-bond donors (Lipinski definition) is 0. The summed E-state index contributed by atoms with van der Waals surface area (Å²) in [4.78, 5) is 31.7. The Morgan fingerprint density at radius 2 is 1.89 bits per heavy atom. The van der Waals surface area contributed by atoms with E-state index in [4.69, 9.17) is 16.3 Å². The maximum absolute atomic E-state index is 13.2. The van der Waals surface area contributed by atoms with Gasteiger partial charge >= 0.3 is 6.09 Å². The molecule has 2 aliphatic heterocycles. The van der Waals surface area contributed by atoms with Crippen molar-refractivity contribution in [2.75, 3.05) is 26.2 Å². The van der Waals surface area contributed by atoms with Crippen molar-refractivity contribution in [1.29, 1.82) is 0 Å². The van der Waals surface area contributed by atoms with Gasteiger partial charge in [-0.15, -0.1) is 0 Å². The van der Waals surface area contributed by atoms with Crippen LogP contribution in [0.3, 0.4) is 0 Å². The molecule has 1 spiro atoms. The summed E-state index contributed by atoms with van der Waals surface area (Å²) in [6.07, 6.45) is 7.27. The van der Waals surface area contributed by atoms with Crippen LogP contribution >= 0.6 is 11.6 Å². The maximum atomic E-state index is 13.2. The fourth-order valence-corrected chi connectivity index (χ4v) is 6.07. The van der Waals surface area contributed by atoms with Crippen molar-refractivity contribution in [3.05, 3.63) is 76.1 Å². The minimum Gasteiger partial charge on any atom is -0.447 e. The van der Waals surface area contributed by atoms with Gasteiger partial charge in [0, 0.05) is 43.3 Å². The SMILES string of the molecule is C[C@@H]1CN(Cc2ccc(F)cc2)CCN1C(=O)/C=C/c1ccc(Cl)cc1CN1C(=O)OCC12CCCC2. The Labute approximate surface area is 222 Å². The molecule has 0 aromatic heterocycles. The second kappa shape index (κ2) is 10.8. The van der Waals surface area contributed by atoms with Crippen molar-refractivity contribution in [2.24, 2.45) is 0 Å². The number of nitrogens with zero attached hydrogens (tertiary/aromatic N) is 3. The summed E-state index contributed by atoms with van der Waals surface area (Å²) in [5, 5.41) is 0.595. The molecule has 1 atom stereocenters. The van der Waals surface area contributed by atoms with Crippen LogP contribution in [0, 0.1) is 5.82 Å². The zero-order valence-electron chi connectivity index (χ0n) is 21.2. The summed E-state index contributed by atoms with van der Waals surface area (Å²) < 4.78 is 18.6. The van der Waals surface area contributed by atoms with Crippen LogP contribution in [0.1, 0.15) is 49.3 Å². The molecule has 3 aliphatic rings. The van der Waals surface area contributed by atoms with Gasteiger partial charge in [-0.3, -0.25) is 14.6 Å². The Balaban J connectivity index is 1.24. The number of carbonyl (C=O) groups is 2. The Kier molecular flexibility index (Phi) is 7.54. The summed E-state index contributed by atoms with van der Waals surface area (Å²) in [5.74, 6) is -0.274. The van der Waals surface area contributed by atoms with Gasteiger partial charge in [0.1, 0.15) is 12.4 Å². The van der Waals surface area contributed by atoms with Crippen LogP contribution in [0.4, 0.5) is 9.18 Å². The molecule has 8 heteroatoms. The van der Waals surface area contributed by atoms with Gasteiger partial charge < -0.3 is 9.64 Å². The molecule has 3 fully saturated rings. The van der Waals surface area contributed by atoms with Crippen LogP contribution < -0.4 is 0 Å². The molecule has 2 amide bonds. The van der Waals surface area contributed by atoms with Crippen molar-refractivity contribution in [3.8, 4) is 0 Å². The summed E-state index contributed by atoms with van der Waals surface area (Å²) in [7, 11) is 0. The zero-order valence-corrected chi connectivity index (χ0v) is 21.9. The van der Waals surface area contributed by atoms with Crippen LogP contribution in [-0.4, -0.2) is 64.5 Å². The van der Waals surface area contributed by atoms with E-state index in [-0.39, 0.29) is 29.4 Å². The number of cyclic esters (lactones) is 1. The number of rotatable bonds is 6. The quantitative estimate of drug-likeness (QED) is 0.468. The highest BCUT2D eigenvalue weighted by Crippen LogP contribution is 2.41. The van der Waals surface area contributed by atoms with Gasteiger partial charge in [0.25, 0.3) is 0 Å². The monoisotopic (exact) mass is 525 g/mol. The van der Waals surface area contributed by atoms with Crippen LogP contribution in [0.15, 0.2) is 48.5 Å². The first-order valence-electron chi connectivity index (χ1n) is 13.0. The third kappa shape index (κ3) is 5.68. The molecule has 0 radical (unpaired) electrons. The van der Waals surface area contributed by atoms with E-state index in [0.29, 0.717) is 24.7 Å². The lowest BCUT2D eigenvalue weighted by Crippen LogP contribution is -2.53. The number of halogens is 2. The minimum absolute atomic E-state index is 0.0392. The largest absolute Gasteiger partial charge is 0.447 e. The number of benzene rings is 2. The molecular weight excluding hydrogens is 493 g/mol. The van der Waals surface area contributed by atoms with Gasteiger partial charge in [-0.05, 0) is 66.8 Å². The second-order valence-corrected chi connectivity index (χ2v) is 10.9. The number of piperazine rings is 1. The summed E-state index contributed by atoms with van der Waals surface area (Å²) >= 11 is 6.32. The average molecular weight is 526 g/mol. The molecule has 0 bridgehead atoms. The highest BCUT2D eigenvalue weighted by Gasteiger charge is 2.48. The van der Waals surface area contributed by atoms with E-state index < -0.39 is 0 Å². The Morgan fingerprint density at radius 1 is 1.14 bits per heavy atom. The Bertz CT molecular complexity index is 1180. The molecule has 37 heavy (non-hydrogen) atoms. The molecule has 2 aromatic carbocycles. The van der Waals surface area contributed by atoms with Crippen LogP contribution in [-0.2, 0) is 22.6 Å². The fourth-order valence-electron chi connectivity index (χ4n) is 5.88. The first-order chi connectivity index (χ1) is 17.8. The lowest BCUT2D eigenvalue weighted by Gasteiger charge is -2.39. The maximum Gasteiger partial charge on any atom is 0.410 e. The molecule has 1 saturated carbocycles. The fraction of sp³-hybridized carbons (Fsp3) is 0.448. The molecule has 2 aromatic rings. The van der Waals surface area contributed by atoms with E-state index in [0.717, 1.165) is 62.0 Å². The first-order valence-corrected chi connectivity index (χ1v) is 13.4. The van der Waals surface area contributed by atoms with Crippen LogP contribution in [0.2, 0.25) is 5.02 Å². The van der Waals surface area contributed by atoms with Crippen molar-refractivity contribution >= 4 is 29.7 Å². The Hall–Kier alpha value is -2.90. The normalized spacial score (nSPS) is 21.8. The molecule has 196 valence electrons. The van der Waals surface area contributed by atoms with E-state index in [1.807, 2.05) is 28.0 Å². The molecule has 0 N–H and O–H groups in total. The number of hydrogen-bond acceptors (Lipinski definition) is 4. The molecule has 2 heterocycles. The van der Waals surface area contributed by atoms with Crippen molar-refractivity contribution < 1.29 is 18.7 Å². The van der Waals surface area contributed by atoms with E-state index in [2.05, 4.69) is 11.8 Å². The molecule has 2 saturated heterocycles. The van der Waals surface area contributed by atoms with Gasteiger partial charge in [0.15, 0.2) is 0 Å². The lowest BCUT2D eigenvalue weighted by molar-refractivity contribution is -0.130. The van der Waals surface area contributed by atoms with Gasteiger partial charge in [0.05, 0.1) is 12.1 Å². The van der Waals surface area contributed by atoms with E-state index >= 15 is 0 Å². The number of amides is 2. The third-order valence-electron chi connectivity index (χ3n) is 7.94. The first kappa shape index (κ1) is 25.7. The van der Waals surface area contributed by atoms with Crippen LogP contribution in [0.5, 0.6) is 0 Å². The molecule has 6 nitrogen and oxygen atoms in total. The van der Waals surface area contributed by atoms with Gasteiger partial charge in [0.2, 0.25) is 5.91 Å². The van der Waals surface area contributed by atoms with Gasteiger partial charge in [-0.2, -0.15) is 0 Å². The van der Waals surface area contributed by atoms with E-state index in [1.165, 1.54) is 12.1 Å². The zero-order chi connectivity index (χ0) is 26.0. The molecule has 0 unspecified atom stereocenters. The second-order valence-electron chi connectivity index (χ2n) is 10.5. The predicted octanol–water partition coefficient (Wildman–Crippen LogP) is 5.49. The smallest absolute Gasteiger partial charge is 0.410 e. The predicted molar refractivity (Wildman–Crippen MR) is 141 cm³/mol. The topological polar surface area (TPSA) is 53.1 Å². The number of carbonyl (C=O) groups excluding carboxylic acids is 2. The van der Waals surface area contributed by atoms with Crippen molar-refractivity contribution in [2.45, 2.75) is 57.3 Å². The highest BCUT2D eigenvalue weighted by atomic mass is 35.5. The summed E-state index contributed by atoms with van der Waals surface area (Å²) in [5.41, 5.74) is 2.61. The summed E-state index contributed by atoms with van der Waals surface area (Å²) in [6.45, 7) is 5.77. The minimum atomic E-state index is -0.278. The highest BCUT2D eigenvalue weighted by molar-refractivity contribution is 6.30. The summed E-state index contributed by atoms with van der Waals surface area (Å²) in [6, 6.07) is 12.2. The standard InChI is InChI=1S/C29H33ClFN3O3/c1-21-17-32(18-22-4-9-26(31)10-5-22)14-15-33(21)27(35)11-7-23-6-8-25(30)16-24(23)19-34-28(36)37-20-29(34)12-2-3-13-29/h4-11,16,21H,2-3,12-15,17-20H2,1H3/b11-7+/t21-/m1/s1. The van der Waals surface area contributed by atoms with Gasteiger partial charge in [-0.1, -0.05) is 42.6 Å². The molecule has 5 rings (SSSR count). The van der Waals surface area contributed by atoms with E-state index in [1.54, 1.807) is 24.3 Å². The molecular formula is C29H33ClFN3O3. The van der Waals surface area contributed by atoms with E-state index in [9.17, 15) is 14.0 Å². The molecule has 1 aliphatic carbocycles. The van der Waals surface area contributed by atoms with Gasteiger partial charge in [-0.25, -0.2) is 9.18 Å². The average Bonchev–Trinajstić information content (AvgIpc) is 3.47. The van der Waals surface area contributed by atoms with Crippen LogP contribution in [0.25, 0.3) is 6.08 Å². The lowest BCUT2D eigenvalue weighted by atomic mass is 9.96. The Morgan fingerprint density at radius 3 is 2.62 bits per heavy atom. The number of ether oxygens (including phenoxy) is 1. The van der Waals surface area contributed by atoms with Crippen molar-refractivity contribution in [1.82, 2.24) is 14.7 Å².